The molecule has 17 nitrogen and oxygen atoms in total. The van der Waals surface area contributed by atoms with Gasteiger partial charge in [0.25, 0.3) is 0 Å². The maximum atomic E-state index is 12.7. The number of aliphatic carboxylic acids is 1. The number of carbonyl (C=O) groups is 2. The molecule has 52 heavy (non-hydrogen) atoms. The number of anilines is 1. The Kier molecular flexibility index (Phi) is 17.0. The second kappa shape index (κ2) is 20.4. The summed E-state index contributed by atoms with van der Waals surface area (Å²) in [5, 5.41) is 81.4. The van der Waals surface area contributed by atoms with E-state index in [9.17, 15) is 45.3 Å². The zero-order valence-corrected chi connectivity index (χ0v) is 31.5. The summed E-state index contributed by atoms with van der Waals surface area (Å²) in [6.45, 7) is 0.698. The molecule has 0 spiro atoms. The van der Waals surface area contributed by atoms with Crippen LogP contribution in [0.3, 0.4) is 0 Å². The summed E-state index contributed by atoms with van der Waals surface area (Å²) in [5.41, 5.74) is 0.536. The Morgan fingerprint density at radius 2 is 1.56 bits per heavy atom. The van der Waals surface area contributed by atoms with Gasteiger partial charge in [0, 0.05) is 18.8 Å². The average molecular weight is 751 g/mol. The van der Waals surface area contributed by atoms with Crippen molar-refractivity contribution in [2.75, 3.05) is 25.1 Å². The van der Waals surface area contributed by atoms with E-state index in [1.165, 1.54) is 6.92 Å². The number of hydrogen-bond donors (Lipinski definition) is 8. The van der Waals surface area contributed by atoms with Gasteiger partial charge in [-0.2, -0.15) is 0 Å². The molecule has 1 aromatic rings. The summed E-state index contributed by atoms with van der Waals surface area (Å²) in [6.07, 6.45) is -14.7. The Hall–Kier alpha value is -1.52. The molecule has 0 bridgehead atoms. The molecule has 288 valence electrons. The van der Waals surface area contributed by atoms with Gasteiger partial charge in [-0.05, 0) is 37.8 Å². The monoisotopic (exact) mass is 750 g/mol. The van der Waals surface area contributed by atoms with Gasteiger partial charge in [-0.15, -0.1) is 0 Å². The van der Waals surface area contributed by atoms with Crippen LogP contribution >= 0.6 is 0 Å². The Bertz CT molecular complexity index is 1250. The molecule has 3 saturated heterocycles. The van der Waals surface area contributed by atoms with Gasteiger partial charge < -0.3 is 79.6 Å². The zero-order chi connectivity index (χ0) is 36.7. The molecule has 2 amide bonds. The number of rotatable bonds is 13. The maximum absolute atomic E-state index is 12.7. The van der Waals surface area contributed by atoms with Crippen molar-refractivity contribution in [1.82, 2.24) is 5.32 Å². The van der Waals surface area contributed by atoms with Crippen molar-refractivity contribution in [2.24, 2.45) is 5.92 Å². The quantitative estimate of drug-likeness (QED) is 0.0880. The van der Waals surface area contributed by atoms with E-state index in [1.54, 1.807) is 30.3 Å². The predicted octanol–water partition coefficient (Wildman–Crippen LogP) is -4.89. The fraction of sp³-hybridized carbons (Fsp3) is 0.765. The minimum absolute atomic E-state index is 0. The Labute approximate surface area is 324 Å². The number of aliphatic hydroxyl groups excluding tert-OH is 6. The largest absolute Gasteiger partial charge is 1.00 e. The van der Waals surface area contributed by atoms with Crippen LogP contribution in [0.15, 0.2) is 30.3 Å². The van der Waals surface area contributed by atoms with E-state index in [0.29, 0.717) is 5.69 Å². The molecule has 5 rings (SSSR count). The molecule has 0 aromatic heterocycles. The molecule has 3 heterocycles. The van der Waals surface area contributed by atoms with Crippen molar-refractivity contribution in [3.05, 3.63) is 30.3 Å². The van der Waals surface area contributed by atoms with Gasteiger partial charge in [-0.1, -0.05) is 50.3 Å². The molecule has 4 aliphatic rings. The van der Waals surface area contributed by atoms with Crippen molar-refractivity contribution in [2.45, 2.75) is 138 Å². The number of aliphatic hydroxyl groups is 6. The number of para-hydroxylation sites is 1. The number of amides is 2. The van der Waals surface area contributed by atoms with Gasteiger partial charge in [0.1, 0.15) is 54.9 Å². The summed E-state index contributed by atoms with van der Waals surface area (Å²) in [7, 11) is 0. The average Bonchev–Trinajstić information content (AvgIpc) is 3.12. The maximum Gasteiger partial charge on any atom is 1.00 e. The summed E-state index contributed by atoms with van der Waals surface area (Å²) in [6, 6.07) is 8.13. The molecular formula is C34H51N2NaO15. The second-order valence-electron chi connectivity index (χ2n) is 13.7. The van der Waals surface area contributed by atoms with E-state index in [2.05, 4.69) is 10.6 Å². The Morgan fingerprint density at radius 1 is 0.865 bits per heavy atom. The summed E-state index contributed by atoms with van der Waals surface area (Å²) in [4.78, 5) is 24.9. The van der Waals surface area contributed by atoms with Crippen LogP contribution in [-0.2, 0) is 33.2 Å². The molecule has 8 N–H and O–H groups in total. The number of ether oxygens (including phenoxy) is 6. The van der Waals surface area contributed by atoms with Gasteiger partial charge in [0.05, 0.1) is 30.9 Å². The number of urea groups is 1. The number of nitrogens with one attached hydrogen (secondary N) is 2. The van der Waals surface area contributed by atoms with Crippen LogP contribution in [0.4, 0.5) is 10.5 Å². The first-order chi connectivity index (χ1) is 24.5. The Balaban J connectivity index is 0.00000605. The van der Waals surface area contributed by atoms with E-state index in [-0.39, 0.29) is 61.5 Å². The van der Waals surface area contributed by atoms with Crippen molar-refractivity contribution in [3.8, 4) is 0 Å². The summed E-state index contributed by atoms with van der Waals surface area (Å²) >= 11 is 0. The number of carboxylic acids is 1. The molecule has 18 heteroatoms. The zero-order valence-electron chi connectivity index (χ0n) is 29.5. The molecule has 3 aliphatic heterocycles. The van der Waals surface area contributed by atoms with Crippen LogP contribution in [0.25, 0.3) is 0 Å². The van der Waals surface area contributed by atoms with Gasteiger partial charge in [0.2, 0.25) is 0 Å². The van der Waals surface area contributed by atoms with E-state index in [1.807, 2.05) is 0 Å². The number of carboxylic acid groups (broad SMARTS) is 1. The molecule has 1 unspecified atom stereocenters. The van der Waals surface area contributed by atoms with Crippen molar-refractivity contribution in [1.29, 1.82) is 0 Å². The first-order valence-electron chi connectivity index (χ1n) is 17.7. The molecular weight excluding hydrogens is 699 g/mol. The third-order valence-electron chi connectivity index (χ3n) is 10.0. The molecule has 1 aromatic carbocycles. The molecule has 0 radical (unpaired) electrons. The topological polar surface area (TPSA) is 258 Å². The fourth-order valence-corrected chi connectivity index (χ4v) is 7.12. The molecule has 14 atom stereocenters. The standard InChI is InChI=1S/C34H52N2O15.Na/c1-17-24(38)26(40)27(41)32(47-17)51-29-20(12-13-46-22(29)15-35-34(45)36-19-10-6-3-7-11-19)49-33-28(42)30(25(39)23(16-37)50-33)48-21(31(43)44)14-18-8-4-2-5-9-18;/h3,6-7,10-11,17-18,20-30,32-33,37-42H,2,4-5,8-9,12-16H2,1H3,(H,43,44)(H2,35,36,45);/q;+1/p-1/t17-,20+,21+,22?,23+,24+,25-,26-,27+,28-,29-,30+,32-,33+;/m1./s1. The Morgan fingerprint density at radius 3 is 2.23 bits per heavy atom. The van der Waals surface area contributed by atoms with E-state index in [0.717, 1.165) is 32.1 Å². The minimum atomic E-state index is -1.75. The smallest absolute Gasteiger partial charge is 0.547 e. The van der Waals surface area contributed by atoms with Gasteiger partial charge >= 0.3 is 35.6 Å². The molecule has 1 saturated carbocycles. The molecule has 4 fully saturated rings. The fourth-order valence-electron chi connectivity index (χ4n) is 7.12. The number of hydrogen-bond acceptors (Lipinski definition) is 15. The van der Waals surface area contributed by atoms with Crippen molar-refractivity contribution < 1.29 is 103 Å². The van der Waals surface area contributed by atoms with E-state index < -0.39 is 104 Å². The van der Waals surface area contributed by atoms with E-state index >= 15 is 0 Å². The normalized spacial score (nSPS) is 37.7. The van der Waals surface area contributed by atoms with Crippen LogP contribution in [0.5, 0.6) is 0 Å². The van der Waals surface area contributed by atoms with Gasteiger partial charge in [-0.3, -0.25) is 0 Å². The SMILES string of the molecule is C[C@H]1O[C@H](O[C@H]2C(CNC(=O)Nc3ccccc3)OCC[C@@H]2O[C@H]2O[C@@H](CO)[C@@H](O)[C@H](O[C@@H](CC3CCCCC3)C(=O)[O-])[C@H]2O)[C@@H](O)[C@H](O)[C@H]1O.[Na+]. The van der Waals surface area contributed by atoms with Crippen LogP contribution in [0.1, 0.15) is 51.9 Å². The summed E-state index contributed by atoms with van der Waals surface area (Å²) < 4.78 is 35.5. The third-order valence-corrected chi connectivity index (χ3v) is 10.0. The van der Waals surface area contributed by atoms with Crippen LogP contribution in [0, 0.1) is 5.92 Å². The van der Waals surface area contributed by atoms with E-state index in [4.69, 9.17) is 28.4 Å². The van der Waals surface area contributed by atoms with Crippen LogP contribution in [-0.4, -0.2) is 148 Å². The summed E-state index contributed by atoms with van der Waals surface area (Å²) in [5.74, 6) is -1.43. The van der Waals surface area contributed by atoms with Crippen molar-refractivity contribution >= 4 is 17.7 Å². The number of benzene rings is 1. The van der Waals surface area contributed by atoms with Crippen LogP contribution < -0.4 is 45.3 Å². The second-order valence-corrected chi connectivity index (χ2v) is 13.7. The van der Waals surface area contributed by atoms with Gasteiger partial charge in [-0.25, -0.2) is 4.79 Å². The van der Waals surface area contributed by atoms with Crippen LogP contribution in [0.2, 0.25) is 0 Å². The first kappa shape index (κ1) is 43.2. The van der Waals surface area contributed by atoms with Gasteiger partial charge in [0.15, 0.2) is 12.6 Å². The van der Waals surface area contributed by atoms with Crippen molar-refractivity contribution in [3.63, 3.8) is 0 Å². The first-order valence-corrected chi connectivity index (χ1v) is 17.7. The minimum Gasteiger partial charge on any atom is -0.547 e. The molecule has 1 aliphatic carbocycles. The third kappa shape index (κ3) is 11.0. The predicted molar refractivity (Wildman–Crippen MR) is 173 cm³/mol. The number of carbonyl (C=O) groups excluding carboxylic acids is 2.